The zero-order valence-corrected chi connectivity index (χ0v) is 10.1. The minimum atomic E-state index is 0.733. The molecule has 2 rings (SSSR count). The summed E-state index contributed by atoms with van der Waals surface area (Å²) in [4.78, 5) is 4.50. The zero-order chi connectivity index (χ0) is 10.7. The van der Waals surface area contributed by atoms with E-state index < -0.39 is 0 Å². The van der Waals surface area contributed by atoms with Crippen molar-refractivity contribution in [3.05, 3.63) is 35.4 Å². The maximum atomic E-state index is 5.09. The molecule has 0 aliphatic carbocycles. The molecule has 0 bridgehead atoms. The van der Waals surface area contributed by atoms with Gasteiger partial charge in [0.15, 0.2) is 0 Å². The van der Waals surface area contributed by atoms with E-state index in [4.69, 9.17) is 12.2 Å². The van der Waals surface area contributed by atoms with E-state index in [2.05, 4.69) is 28.5 Å². The summed E-state index contributed by atoms with van der Waals surface area (Å²) in [6.45, 7) is 1.54. The zero-order valence-electron chi connectivity index (χ0n) is 8.49. The van der Waals surface area contributed by atoms with Gasteiger partial charge in [0.25, 0.3) is 0 Å². The Morgan fingerprint density at radius 3 is 3.13 bits per heavy atom. The molecule has 1 aliphatic rings. The first-order chi connectivity index (χ1) is 7.31. The number of benzene rings is 1. The van der Waals surface area contributed by atoms with Crippen LogP contribution in [0.3, 0.4) is 0 Å². The molecule has 78 valence electrons. The number of rotatable bonds is 2. The Balaban J connectivity index is 2.04. The van der Waals surface area contributed by atoms with Crippen LogP contribution in [-0.4, -0.2) is 22.8 Å². The van der Waals surface area contributed by atoms with Crippen molar-refractivity contribution in [3.8, 4) is 0 Å². The van der Waals surface area contributed by atoms with Gasteiger partial charge in [0.2, 0.25) is 0 Å². The molecule has 0 saturated heterocycles. The van der Waals surface area contributed by atoms with E-state index in [-0.39, 0.29) is 0 Å². The lowest BCUT2D eigenvalue weighted by atomic mass is 10.1. The van der Waals surface area contributed by atoms with Crippen molar-refractivity contribution in [1.82, 2.24) is 5.32 Å². The summed E-state index contributed by atoms with van der Waals surface area (Å²) < 4.78 is 0.821. The molecular weight excluding hydrogens is 224 g/mol. The standard InChI is InChI=1S/C11H12N2S2/c1-15-11(14)13-7-10-9-5-3-2-4-8(9)6-12-10/h2-5H,6-7H2,1H3,(H,13,14). The number of aliphatic imine (C=N–C) groups is 1. The lowest BCUT2D eigenvalue weighted by molar-refractivity contribution is 1.08. The monoisotopic (exact) mass is 236 g/mol. The second kappa shape index (κ2) is 4.77. The average molecular weight is 236 g/mol. The van der Waals surface area contributed by atoms with Crippen LogP contribution in [0.25, 0.3) is 0 Å². The van der Waals surface area contributed by atoms with Crippen molar-refractivity contribution >= 4 is 34.0 Å². The number of nitrogens with zero attached hydrogens (tertiary/aromatic N) is 1. The van der Waals surface area contributed by atoms with Crippen molar-refractivity contribution < 1.29 is 0 Å². The third-order valence-electron chi connectivity index (χ3n) is 2.35. The van der Waals surface area contributed by atoms with Gasteiger partial charge in [0.05, 0.1) is 18.8 Å². The average Bonchev–Trinajstić information content (AvgIpc) is 2.69. The Morgan fingerprint density at radius 1 is 1.53 bits per heavy atom. The number of hydrogen-bond acceptors (Lipinski definition) is 3. The van der Waals surface area contributed by atoms with Crippen molar-refractivity contribution in [1.29, 1.82) is 0 Å². The van der Waals surface area contributed by atoms with Gasteiger partial charge in [-0.1, -0.05) is 36.5 Å². The van der Waals surface area contributed by atoms with Crippen molar-refractivity contribution in [2.24, 2.45) is 4.99 Å². The quantitative estimate of drug-likeness (QED) is 0.797. The number of hydrogen-bond donors (Lipinski definition) is 1. The molecule has 1 heterocycles. The Morgan fingerprint density at radius 2 is 2.33 bits per heavy atom. The van der Waals surface area contributed by atoms with Crippen LogP contribution in [0, 0.1) is 0 Å². The second-order valence-electron chi connectivity index (χ2n) is 3.27. The Bertz CT molecular complexity index is 413. The van der Waals surface area contributed by atoms with Gasteiger partial charge in [-0.25, -0.2) is 0 Å². The van der Waals surface area contributed by atoms with Gasteiger partial charge in [-0.2, -0.15) is 0 Å². The van der Waals surface area contributed by atoms with E-state index in [9.17, 15) is 0 Å². The van der Waals surface area contributed by atoms with Crippen LogP contribution in [0.4, 0.5) is 0 Å². The van der Waals surface area contributed by atoms with Crippen LogP contribution in [0.5, 0.6) is 0 Å². The molecule has 0 radical (unpaired) electrons. The molecule has 0 amide bonds. The van der Waals surface area contributed by atoms with E-state index in [1.54, 1.807) is 11.8 Å². The SMILES string of the molecule is CSC(=S)NCC1=NCc2ccccc21. The highest BCUT2D eigenvalue weighted by Crippen LogP contribution is 2.17. The van der Waals surface area contributed by atoms with Crippen LogP contribution < -0.4 is 5.32 Å². The number of thiocarbonyl (C=S) groups is 1. The van der Waals surface area contributed by atoms with E-state index in [1.165, 1.54) is 11.1 Å². The van der Waals surface area contributed by atoms with Gasteiger partial charge in [-0.05, 0) is 11.8 Å². The molecular formula is C11H12N2S2. The molecule has 2 nitrogen and oxygen atoms in total. The third-order valence-corrected chi connectivity index (χ3v) is 3.51. The van der Waals surface area contributed by atoms with Crippen molar-refractivity contribution in [3.63, 3.8) is 0 Å². The van der Waals surface area contributed by atoms with Crippen LogP contribution in [0.1, 0.15) is 11.1 Å². The Hall–Kier alpha value is -0.870. The smallest absolute Gasteiger partial charge is 0.133 e. The van der Waals surface area contributed by atoms with Crippen molar-refractivity contribution in [2.75, 3.05) is 12.8 Å². The van der Waals surface area contributed by atoms with Gasteiger partial charge < -0.3 is 5.32 Å². The van der Waals surface area contributed by atoms with E-state index in [0.717, 1.165) is 23.1 Å². The Labute approximate surface area is 99.2 Å². The minimum Gasteiger partial charge on any atom is -0.365 e. The number of fused-ring (bicyclic) bond motifs is 1. The first-order valence-corrected chi connectivity index (χ1v) is 6.38. The summed E-state index contributed by atoms with van der Waals surface area (Å²) >= 11 is 6.64. The summed E-state index contributed by atoms with van der Waals surface area (Å²) in [7, 11) is 0. The lowest BCUT2D eigenvalue weighted by Crippen LogP contribution is -2.25. The van der Waals surface area contributed by atoms with Crippen molar-refractivity contribution in [2.45, 2.75) is 6.54 Å². The topological polar surface area (TPSA) is 24.4 Å². The van der Waals surface area contributed by atoms with Gasteiger partial charge >= 0.3 is 0 Å². The van der Waals surface area contributed by atoms with Gasteiger partial charge in [-0.15, -0.1) is 11.8 Å². The van der Waals surface area contributed by atoms with Crippen LogP contribution in [0.2, 0.25) is 0 Å². The largest absolute Gasteiger partial charge is 0.365 e. The van der Waals surface area contributed by atoms with E-state index in [0.29, 0.717) is 0 Å². The molecule has 0 fully saturated rings. The first-order valence-electron chi connectivity index (χ1n) is 4.74. The van der Waals surface area contributed by atoms with Gasteiger partial charge in [-0.3, -0.25) is 4.99 Å². The van der Waals surface area contributed by atoms with E-state index in [1.807, 2.05) is 12.3 Å². The molecule has 1 aromatic carbocycles. The molecule has 0 unspecified atom stereocenters. The normalized spacial score (nSPS) is 13.3. The predicted molar refractivity (Wildman–Crippen MR) is 70.8 cm³/mol. The lowest BCUT2D eigenvalue weighted by Gasteiger charge is -2.06. The van der Waals surface area contributed by atoms with E-state index >= 15 is 0 Å². The minimum absolute atomic E-state index is 0.733. The maximum Gasteiger partial charge on any atom is 0.133 e. The number of thioether (sulfide) groups is 1. The fraction of sp³-hybridized carbons (Fsp3) is 0.273. The molecule has 0 atom stereocenters. The molecule has 0 spiro atoms. The molecule has 0 saturated carbocycles. The summed E-state index contributed by atoms with van der Waals surface area (Å²) in [6, 6.07) is 8.34. The van der Waals surface area contributed by atoms with Crippen LogP contribution >= 0.6 is 24.0 Å². The molecule has 0 aromatic heterocycles. The summed E-state index contributed by atoms with van der Waals surface area (Å²) in [5.41, 5.74) is 3.68. The first kappa shape index (κ1) is 10.6. The van der Waals surface area contributed by atoms with Gasteiger partial charge in [0, 0.05) is 5.56 Å². The second-order valence-corrected chi connectivity index (χ2v) is 4.75. The predicted octanol–water partition coefficient (Wildman–Crippen LogP) is 2.23. The molecule has 1 N–H and O–H groups in total. The summed E-state index contributed by atoms with van der Waals surface area (Å²) in [6.07, 6.45) is 1.97. The van der Waals surface area contributed by atoms with Gasteiger partial charge in [0.1, 0.15) is 4.32 Å². The van der Waals surface area contributed by atoms with Crippen LogP contribution in [-0.2, 0) is 6.54 Å². The highest BCUT2D eigenvalue weighted by molar-refractivity contribution is 8.22. The van der Waals surface area contributed by atoms with Crippen LogP contribution in [0.15, 0.2) is 29.3 Å². The highest BCUT2D eigenvalue weighted by atomic mass is 32.2. The molecule has 15 heavy (non-hydrogen) atoms. The summed E-state index contributed by atoms with van der Waals surface area (Å²) in [5.74, 6) is 0. The molecule has 1 aliphatic heterocycles. The maximum absolute atomic E-state index is 5.09. The number of nitrogens with one attached hydrogen (secondary N) is 1. The fourth-order valence-electron chi connectivity index (χ4n) is 1.58. The molecule has 1 aromatic rings. The summed E-state index contributed by atoms with van der Waals surface area (Å²) in [5, 5.41) is 3.18. The Kier molecular flexibility index (Phi) is 3.38. The highest BCUT2D eigenvalue weighted by Gasteiger charge is 2.14. The fourth-order valence-corrected chi connectivity index (χ4v) is 1.87. The third kappa shape index (κ3) is 2.38. The molecule has 4 heteroatoms.